The number of nitrogens with zero attached hydrogens (tertiary/aromatic N) is 6. The lowest BCUT2D eigenvalue weighted by Crippen LogP contribution is -2.17. The zero-order chi connectivity index (χ0) is 43.4. The summed E-state index contributed by atoms with van der Waals surface area (Å²) >= 11 is 0. The van der Waals surface area contributed by atoms with E-state index in [9.17, 15) is 10.2 Å². The van der Waals surface area contributed by atoms with E-state index in [-0.39, 0.29) is 46.4 Å². The highest BCUT2D eigenvalue weighted by Crippen LogP contribution is 2.44. The number of H-pyrrole nitrogens is 2. The molecule has 12 nitrogen and oxygen atoms in total. The molecule has 0 spiro atoms. The monoisotopic (exact) mass is 812 g/mol. The van der Waals surface area contributed by atoms with Crippen LogP contribution in [0.3, 0.4) is 0 Å². The molecular weight excluding hydrogens is 753 g/mol. The van der Waals surface area contributed by atoms with Crippen molar-refractivity contribution in [2.75, 3.05) is 0 Å². The Balaban J connectivity index is 1.56. The van der Waals surface area contributed by atoms with Crippen LogP contribution >= 0.6 is 0 Å². The largest absolute Gasteiger partial charge is 0.507 e. The highest BCUT2D eigenvalue weighted by molar-refractivity contribution is 5.59. The summed E-state index contributed by atoms with van der Waals surface area (Å²) in [5.41, 5.74) is 10.3. The van der Waals surface area contributed by atoms with Crippen LogP contribution in [0.1, 0.15) is 161 Å². The molecule has 0 unspecified atom stereocenters. The molecule has 2 heterocycles. The van der Waals surface area contributed by atoms with Gasteiger partial charge in [0, 0.05) is 25.7 Å². The predicted molar refractivity (Wildman–Crippen MR) is 232 cm³/mol. The van der Waals surface area contributed by atoms with Crippen LogP contribution in [0.4, 0.5) is 0 Å². The van der Waals surface area contributed by atoms with E-state index in [4.69, 9.17) is 9.47 Å². The summed E-state index contributed by atoms with van der Waals surface area (Å²) in [4.78, 5) is 0. The molecule has 0 radical (unpaired) electrons. The zero-order valence-corrected chi connectivity index (χ0v) is 37.3. The van der Waals surface area contributed by atoms with Crippen LogP contribution in [0.15, 0.2) is 48.5 Å². The van der Waals surface area contributed by atoms with Crippen LogP contribution < -0.4 is 9.47 Å². The molecule has 4 N–H and O–H groups in total. The maximum Gasteiger partial charge on any atom is 0.211 e. The molecule has 0 atom stereocenters. The molecule has 0 saturated carbocycles. The van der Waals surface area contributed by atoms with E-state index in [2.05, 4.69) is 173 Å². The molecule has 8 bridgehead atoms. The van der Waals surface area contributed by atoms with Crippen LogP contribution in [0.2, 0.25) is 0 Å². The quantitative estimate of drug-likeness (QED) is 0.127. The Morgan fingerprint density at radius 1 is 0.433 bits per heavy atom. The molecule has 60 heavy (non-hydrogen) atoms. The molecule has 0 fully saturated rings. The Morgan fingerprint density at radius 2 is 0.683 bits per heavy atom. The molecule has 4 aromatic carbocycles. The molecule has 1 aliphatic rings. The fourth-order valence-corrected chi connectivity index (χ4v) is 7.78. The Hall–Kier alpha value is -5.78. The Labute approximate surface area is 353 Å². The van der Waals surface area contributed by atoms with E-state index in [0.29, 0.717) is 48.8 Å². The van der Waals surface area contributed by atoms with Gasteiger partial charge in [0.2, 0.25) is 11.6 Å². The normalized spacial score (nSPS) is 13.7. The number of nitrogens with one attached hydrogen (secondary N) is 2. The van der Waals surface area contributed by atoms with Crippen molar-refractivity contribution in [2.45, 2.75) is 144 Å². The van der Waals surface area contributed by atoms with Gasteiger partial charge < -0.3 is 19.7 Å². The molecule has 2 aromatic heterocycles. The van der Waals surface area contributed by atoms with Gasteiger partial charge in [0.05, 0.1) is 0 Å². The second-order valence-electron chi connectivity index (χ2n) is 20.5. The Morgan fingerprint density at radius 3 is 0.900 bits per heavy atom. The van der Waals surface area contributed by atoms with Gasteiger partial charge in [0.1, 0.15) is 23.0 Å². The lowest BCUT2D eigenvalue weighted by molar-refractivity contribution is 0.290. The third-order valence-corrected chi connectivity index (χ3v) is 11.5. The molecule has 316 valence electrons. The minimum atomic E-state index is -0.226. The number of ether oxygens (including phenoxy) is 2. The topological polar surface area (TPSA) is 168 Å². The molecule has 0 amide bonds. The molecule has 12 heteroatoms. The van der Waals surface area contributed by atoms with Gasteiger partial charge in [-0.25, -0.2) is 0 Å². The summed E-state index contributed by atoms with van der Waals surface area (Å²) in [7, 11) is 0. The summed E-state index contributed by atoms with van der Waals surface area (Å²) < 4.78 is 13.4. The third-order valence-electron chi connectivity index (χ3n) is 11.5. The maximum atomic E-state index is 12.5. The minimum absolute atomic E-state index is 0.0846. The van der Waals surface area contributed by atoms with Gasteiger partial charge in [-0.3, -0.25) is 0 Å². The van der Waals surface area contributed by atoms with Gasteiger partial charge in [0.25, 0.3) is 0 Å². The average molecular weight is 813 g/mol. The molecule has 6 aromatic rings. The van der Waals surface area contributed by atoms with E-state index in [1.54, 1.807) is 0 Å². The predicted octanol–water partition coefficient (Wildman–Crippen LogP) is 9.15. The summed E-state index contributed by atoms with van der Waals surface area (Å²) in [5.74, 6) is 2.63. The molecular formula is C48H60N8O4. The average Bonchev–Trinajstić information content (AvgIpc) is 3.87. The van der Waals surface area contributed by atoms with Crippen LogP contribution in [0.25, 0.3) is 0 Å². The molecule has 1 aliphatic carbocycles. The van der Waals surface area contributed by atoms with Crippen molar-refractivity contribution in [1.82, 2.24) is 41.2 Å². The lowest BCUT2D eigenvalue weighted by atomic mass is 9.79. The van der Waals surface area contributed by atoms with Crippen molar-refractivity contribution >= 4 is 0 Å². The second-order valence-corrected chi connectivity index (χ2v) is 20.5. The second kappa shape index (κ2) is 15.7. The molecule has 0 saturated heterocycles. The third kappa shape index (κ3) is 9.17. The van der Waals surface area contributed by atoms with Gasteiger partial charge in [-0.2, -0.15) is 10.4 Å². The molecule has 0 aliphatic heterocycles. The number of phenols is 2. The first-order valence-corrected chi connectivity index (χ1v) is 20.8. The molecule has 7 rings (SSSR count). The van der Waals surface area contributed by atoms with Gasteiger partial charge >= 0.3 is 0 Å². The van der Waals surface area contributed by atoms with E-state index in [0.717, 1.165) is 66.8 Å². The van der Waals surface area contributed by atoms with Crippen molar-refractivity contribution < 1.29 is 19.7 Å². The van der Waals surface area contributed by atoms with Gasteiger partial charge in [0.15, 0.2) is 13.2 Å². The fraction of sp³-hybridized carbons (Fsp3) is 0.458. The number of fused-ring (bicyclic) bond motifs is 8. The Bertz CT molecular complexity index is 2230. The van der Waals surface area contributed by atoms with E-state index in [1.807, 2.05) is 0 Å². The Kier molecular flexibility index (Phi) is 11.1. The first-order chi connectivity index (χ1) is 28.0. The van der Waals surface area contributed by atoms with Crippen molar-refractivity contribution in [3.8, 4) is 23.0 Å². The summed E-state index contributed by atoms with van der Waals surface area (Å²) in [6.45, 7) is 26.5. The highest BCUT2D eigenvalue weighted by Gasteiger charge is 2.29. The number of tetrazole rings is 2. The van der Waals surface area contributed by atoms with Crippen LogP contribution in [0.5, 0.6) is 23.0 Å². The lowest BCUT2D eigenvalue weighted by Gasteiger charge is -2.28. The van der Waals surface area contributed by atoms with Crippen molar-refractivity contribution in [1.29, 1.82) is 0 Å². The van der Waals surface area contributed by atoms with Gasteiger partial charge in [-0.15, -0.1) is 20.4 Å². The van der Waals surface area contributed by atoms with E-state index >= 15 is 0 Å². The van der Waals surface area contributed by atoms with Crippen LogP contribution in [-0.4, -0.2) is 51.5 Å². The fourth-order valence-electron chi connectivity index (χ4n) is 7.78. The number of aromatic hydroxyl groups is 2. The zero-order valence-electron chi connectivity index (χ0n) is 37.3. The summed E-state index contributed by atoms with van der Waals surface area (Å²) in [6.07, 6.45) is 1.54. The van der Waals surface area contributed by atoms with Gasteiger partial charge in [-0.05, 0) is 88.4 Å². The maximum absolute atomic E-state index is 12.5. The standard InChI is InChI=1S/C48H60N8O4/c1-45(2,3)35-17-27-13-31-21-37(47(7,8)9)23-33(43(31)59-25-39-49-53-54-50-39)15-29-19-36(46(4,5)6)20-30(42(29)58)16-34-24-38(48(10,11)12)22-32(14-28(18-35)41(27)57)44(34)60-26-40-51-55-56-52-40/h17-24,57-58H,13-16,25-26H2,1-12H3,(H,49,50,53,54)(H,51,52,55,56). The van der Waals surface area contributed by atoms with Gasteiger partial charge in [-0.1, -0.05) is 142 Å². The number of hydrogen-bond acceptors (Lipinski definition) is 10. The number of benzene rings is 4. The number of rotatable bonds is 6. The van der Waals surface area contributed by atoms with Crippen molar-refractivity contribution in [3.05, 3.63) is 127 Å². The summed E-state index contributed by atoms with van der Waals surface area (Å²) in [5, 5.41) is 54.2. The number of aromatic nitrogens is 8. The number of phenolic OH excluding ortho intramolecular Hbond substituents is 2. The van der Waals surface area contributed by atoms with E-state index in [1.165, 1.54) is 0 Å². The SMILES string of the molecule is CC(C)(C)c1cc2c(O)c(c1)Cc1cc(C(C)(C)C)cc(c1OCc1nn[nH]n1)Cc1cc(C(C)(C)C)cc(c1O)Cc1cc(C(C)(C)C)cc(c1OCc1nn[nH]n1)C2. The number of hydrogen-bond donors (Lipinski definition) is 4. The van der Waals surface area contributed by atoms with Crippen LogP contribution in [0, 0.1) is 0 Å². The first-order valence-electron chi connectivity index (χ1n) is 20.8. The highest BCUT2D eigenvalue weighted by atomic mass is 16.5. The van der Waals surface area contributed by atoms with Crippen molar-refractivity contribution in [2.24, 2.45) is 0 Å². The minimum Gasteiger partial charge on any atom is -0.507 e. The van der Waals surface area contributed by atoms with Crippen LogP contribution in [-0.2, 0) is 60.6 Å². The summed E-state index contributed by atoms with van der Waals surface area (Å²) in [6, 6.07) is 17.3. The van der Waals surface area contributed by atoms with Crippen molar-refractivity contribution in [3.63, 3.8) is 0 Å². The smallest absolute Gasteiger partial charge is 0.211 e. The first kappa shape index (κ1) is 42.3. The van der Waals surface area contributed by atoms with E-state index < -0.39 is 0 Å². The number of aromatic amines is 2.